The quantitative estimate of drug-likeness (QED) is 0.874. The van der Waals surface area contributed by atoms with Gasteiger partial charge in [-0.2, -0.15) is 0 Å². The lowest BCUT2D eigenvalue weighted by molar-refractivity contribution is 0.443. The molecule has 1 N–H and O–H groups in total. The molecule has 1 aliphatic heterocycles. The summed E-state index contributed by atoms with van der Waals surface area (Å²) in [5, 5.41) is 3.38. The highest BCUT2D eigenvalue weighted by Gasteiger charge is 2.22. The van der Waals surface area contributed by atoms with Crippen molar-refractivity contribution in [2.75, 3.05) is 25.0 Å². The number of benzene rings is 1. The maximum absolute atomic E-state index is 4.77. The number of aryl methyl sites for hydroxylation is 1. The molecule has 96 valence electrons. The van der Waals surface area contributed by atoms with Crippen LogP contribution < -0.4 is 10.2 Å². The van der Waals surface area contributed by atoms with Gasteiger partial charge in [-0.3, -0.25) is 0 Å². The van der Waals surface area contributed by atoms with Crippen molar-refractivity contribution in [3.05, 3.63) is 24.3 Å². The van der Waals surface area contributed by atoms with Crippen LogP contribution in [-0.4, -0.2) is 35.7 Å². The minimum atomic E-state index is 0.582. The molecule has 1 fully saturated rings. The van der Waals surface area contributed by atoms with Crippen molar-refractivity contribution in [3.8, 4) is 0 Å². The first-order valence-corrected chi connectivity index (χ1v) is 6.63. The second-order valence-electron chi connectivity index (χ2n) is 5.03. The number of piperidine rings is 1. The number of hydrogen-bond donors (Lipinski definition) is 1. The van der Waals surface area contributed by atoms with Gasteiger partial charge in [-0.05, 0) is 32.0 Å². The Bertz CT molecular complexity index is 546. The number of nitrogens with one attached hydrogen (secondary N) is 1. The van der Waals surface area contributed by atoms with Gasteiger partial charge in [0.25, 0.3) is 0 Å². The number of aromatic nitrogens is 2. The SMILES string of the molecule is CNC1CCCN(c2nc3ccccc3n2C)C1. The van der Waals surface area contributed by atoms with E-state index < -0.39 is 0 Å². The summed E-state index contributed by atoms with van der Waals surface area (Å²) in [6, 6.07) is 8.91. The molecule has 4 nitrogen and oxygen atoms in total. The van der Waals surface area contributed by atoms with E-state index in [4.69, 9.17) is 4.98 Å². The van der Waals surface area contributed by atoms with Crippen LogP contribution in [0.15, 0.2) is 24.3 Å². The van der Waals surface area contributed by atoms with Crippen LogP contribution in [0.3, 0.4) is 0 Å². The fraction of sp³-hybridized carbons (Fsp3) is 0.500. The molecule has 2 aromatic rings. The van der Waals surface area contributed by atoms with Gasteiger partial charge in [-0.25, -0.2) is 4.98 Å². The van der Waals surface area contributed by atoms with E-state index in [2.05, 4.69) is 40.0 Å². The lowest BCUT2D eigenvalue weighted by atomic mass is 10.1. The Morgan fingerprint density at radius 3 is 2.94 bits per heavy atom. The normalized spacial score (nSPS) is 20.6. The van der Waals surface area contributed by atoms with Crippen LogP contribution >= 0.6 is 0 Å². The summed E-state index contributed by atoms with van der Waals surface area (Å²) >= 11 is 0. The Morgan fingerprint density at radius 2 is 2.17 bits per heavy atom. The third-order valence-corrected chi connectivity index (χ3v) is 3.88. The number of imidazole rings is 1. The Labute approximate surface area is 108 Å². The summed E-state index contributed by atoms with van der Waals surface area (Å²) < 4.78 is 2.20. The van der Waals surface area contributed by atoms with E-state index in [1.807, 2.05) is 13.1 Å². The number of rotatable bonds is 2. The number of anilines is 1. The predicted octanol–water partition coefficient (Wildman–Crippen LogP) is 1.76. The largest absolute Gasteiger partial charge is 0.341 e. The highest BCUT2D eigenvalue weighted by Crippen LogP contribution is 2.23. The molecule has 0 aliphatic carbocycles. The number of likely N-dealkylation sites (N-methyl/N-ethyl adjacent to an activating group) is 1. The van der Waals surface area contributed by atoms with Gasteiger partial charge in [0, 0.05) is 26.2 Å². The summed E-state index contributed by atoms with van der Waals surface area (Å²) in [7, 11) is 4.15. The third-order valence-electron chi connectivity index (χ3n) is 3.88. The third kappa shape index (κ3) is 1.86. The molecule has 3 rings (SSSR count). The van der Waals surface area contributed by atoms with Gasteiger partial charge in [-0.1, -0.05) is 12.1 Å². The first kappa shape index (κ1) is 11.5. The zero-order valence-corrected chi connectivity index (χ0v) is 11.1. The summed E-state index contributed by atoms with van der Waals surface area (Å²) in [4.78, 5) is 7.16. The topological polar surface area (TPSA) is 33.1 Å². The molecular formula is C14H20N4. The van der Waals surface area contributed by atoms with Gasteiger partial charge in [0.05, 0.1) is 11.0 Å². The Hall–Kier alpha value is -1.55. The smallest absolute Gasteiger partial charge is 0.206 e. The summed E-state index contributed by atoms with van der Waals surface area (Å²) in [6.45, 7) is 2.16. The average Bonchev–Trinajstić information content (AvgIpc) is 2.77. The van der Waals surface area contributed by atoms with Gasteiger partial charge in [-0.15, -0.1) is 0 Å². The predicted molar refractivity (Wildman–Crippen MR) is 75.0 cm³/mol. The van der Waals surface area contributed by atoms with Crippen LogP contribution in [0.5, 0.6) is 0 Å². The van der Waals surface area contributed by atoms with Crippen LogP contribution in [0.25, 0.3) is 11.0 Å². The first-order chi connectivity index (χ1) is 8.79. The molecule has 1 atom stereocenters. The molecule has 4 heteroatoms. The van der Waals surface area contributed by atoms with Crippen molar-refractivity contribution in [1.82, 2.24) is 14.9 Å². The molecule has 0 amide bonds. The van der Waals surface area contributed by atoms with Gasteiger partial charge >= 0.3 is 0 Å². The number of fused-ring (bicyclic) bond motifs is 1. The van der Waals surface area contributed by atoms with Gasteiger partial charge in [0.15, 0.2) is 0 Å². The molecule has 2 heterocycles. The van der Waals surface area contributed by atoms with Crippen molar-refractivity contribution in [2.24, 2.45) is 7.05 Å². The van der Waals surface area contributed by atoms with E-state index in [9.17, 15) is 0 Å². The molecule has 0 saturated carbocycles. The maximum Gasteiger partial charge on any atom is 0.206 e. The van der Waals surface area contributed by atoms with E-state index in [0.717, 1.165) is 24.6 Å². The first-order valence-electron chi connectivity index (χ1n) is 6.63. The standard InChI is InChI=1S/C14H20N4/c1-15-11-6-5-9-18(10-11)14-16-12-7-3-4-8-13(12)17(14)2/h3-4,7-8,11,15H,5-6,9-10H2,1-2H3. The van der Waals surface area contributed by atoms with Crippen molar-refractivity contribution in [2.45, 2.75) is 18.9 Å². The fourth-order valence-corrected chi connectivity index (χ4v) is 2.81. The number of nitrogens with zero attached hydrogens (tertiary/aromatic N) is 3. The van der Waals surface area contributed by atoms with Gasteiger partial charge in [0.1, 0.15) is 0 Å². The maximum atomic E-state index is 4.77. The Morgan fingerprint density at radius 1 is 1.33 bits per heavy atom. The second kappa shape index (κ2) is 4.61. The highest BCUT2D eigenvalue weighted by molar-refractivity contribution is 5.78. The summed E-state index contributed by atoms with van der Waals surface area (Å²) in [6.07, 6.45) is 2.49. The Balaban J connectivity index is 1.96. The van der Waals surface area contributed by atoms with Crippen LogP contribution in [0.1, 0.15) is 12.8 Å². The zero-order chi connectivity index (χ0) is 12.5. The minimum absolute atomic E-state index is 0.582. The van der Waals surface area contributed by atoms with Crippen molar-refractivity contribution >= 4 is 17.0 Å². The van der Waals surface area contributed by atoms with Crippen molar-refractivity contribution in [3.63, 3.8) is 0 Å². The van der Waals surface area contributed by atoms with Crippen LogP contribution in [0.4, 0.5) is 5.95 Å². The van der Waals surface area contributed by atoms with Gasteiger partial charge in [0.2, 0.25) is 5.95 Å². The van der Waals surface area contributed by atoms with Crippen LogP contribution in [0, 0.1) is 0 Å². The van der Waals surface area contributed by atoms with E-state index in [1.165, 1.54) is 18.4 Å². The molecule has 0 bridgehead atoms. The highest BCUT2D eigenvalue weighted by atomic mass is 15.3. The summed E-state index contributed by atoms with van der Waals surface area (Å²) in [5.74, 6) is 1.09. The molecular weight excluding hydrogens is 224 g/mol. The molecule has 1 aromatic heterocycles. The molecule has 1 aliphatic rings. The Kier molecular flexibility index (Phi) is 2.96. The van der Waals surface area contributed by atoms with E-state index in [1.54, 1.807) is 0 Å². The average molecular weight is 244 g/mol. The van der Waals surface area contributed by atoms with E-state index in [0.29, 0.717) is 6.04 Å². The number of hydrogen-bond acceptors (Lipinski definition) is 3. The second-order valence-corrected chi connectivity index (χ2v) is 5.03. The molecule has 0 spiro atoms. The lowest BCUT2D eigenvalue weighted by Crippen LogP contribution is -2.45. The molecule has 1 aromatic carbocycles. The minimum Gasteiger partial charge on any atom is -0.341 e. The molecule has 1 saturated heterocycles. The lowest BCUT2D eigenvalue weighted by Gasteiger charge is -2.33. The number of para-hydroxylation sites is 2. The molecule has 18 heavy (non-hydrogen) atoms. The monoisotopic (exact) mass is 244 g/mol. The zero-order valence-electron chi connectivity index (χ0n) is 11.1. The summed E-state index contributed by atoms with van der Waals surface area (Å²) in [5.41, 5.74) is 2.29. The van der Waals surface area contributed by atoms with Crippen molar-refractivity contribution in [1.29, 1.82) is 0 Å². The molecule has 1 unspecified atom stereocenters. The van der Waals surface area contributed by atoms with Crippen LogP contribution in [0.2, 0.25) is 0 Å². The van der Waals surface area contributed by atoms with E-state index in [-0.39, 0.29) is 0 Å². The van der Waals surface area contributed by atoms with Gasteiger partial charge < -0.3 is 14.8 Å². The fourth-order valence-electron chi connectivity index (χ4n) is 2.81. The van der Waals surface area contributed by atoms with Crippen molar-refractivity contribution < 1.29 is 0 Å². The van der Waals surface area contributed by atoms with E-state index >= 15 is 0 Å². The molecule has 0 radical (unpaired) electrons. The van der Waals surface area contributed by atoms with Crippen LogP contribution in [-0.2, 0) is 7.05 Å².